The number of hydrogen-bond donors (Lipinski definition) is 0. The van der Waals surface area contributed by atoms with Crippen molar-refractivity contribution in [2.24, 2.45) is 5.10 Å². The molecule has 0 saturated carbocycles. The molecule has 0 spiro atoms. The first-order chi connectivity index (χ1) is 17.5. The van der Waals surface area contributed by atoms with E-state index in [4.69, 9.17) is 23.7 Å². The summed E-state index contributed by atoms with van der Waals surface area (Å²) < 4.78 is 21.0. The van der Waals surface area contributed by atoms with E-state index in [0.29, 0.717) is 6.42 Å². The van der Waals surface area contributed by atoms with Crippen molar-refractivity contribution >= 4 is 17.5 Å². The van der Waals surface area contributed by atoms with E-state index < -0.39 is 0 Å². The maximum atomic E-state index is 13.6. The van der Waals surface area contributed by atoms with Crippen molar-refractivity contribution in [3.8, 4) is 11.5 Å². The lowest BCUT2D eigenvalue weighted by atomic mass is 9.98. The summed E-state index contributed by atoms with van der Waals surface area (Å²) in [6.45, 7) is 0.342. The molecule has 9 nitrogen and oxygen atoms in total. The molecular weight excluding hydrogens is 462 g/mol. The third-order valence-corrected chi connectivity index (χ3v) is 6.00. The highest BCUT2D eigenvalue weighted by molar-refractivity contribution is 6.03. The summed E-state index contributed by atoms with van der Waals surface area (Å²) in [6.07, 6.45) is 1.95. The lowest BCUT2D eigenvalue weighted by Gasteiger charge is -2.26. The second-order valence-electron chi connectivity index (χ2n) is 8.20. The number of benzene rings is 2. The van der Waals surface area contributed by atoms with E-state index in [2.05, 4.69) is 0 Å². The van der Waals surface area contributed by atoms with Crippen molar-refractivity contribution < 1.29 is 28.2 Å². The first-order valence-electron chi connectivity index (χ1n) is 11.5. The second kappa shape index (κ2) is 11.5. The van der Waals surface area contributed by atoms with E-state index in [1.165, 1.54) is 16.2 Å². The molecule has 0 aliphatic carbocycles. The first-order valence-corrected chi connectivity index (χ1v) is 11.5. The van der Waals surface area contributed by atoms with Crippen LogP contribution in [0.5, 0.6) is 11.5 Å². The van der Waals surface area contributed by atoms with Crippen LogP contribution in [0.3, 0.4) is 0 Å². The van der Waals surface area contributed by atoms with Gasteiger partial charge >= 0.3 is 0 Å². The summed E-state index contributed by atoms with van der Waals surface area (Å²) in [5, 5.41) is 6.17. The maximum absolute atomic E-state index is 13.6. The van der Waals surface area contributed by atoms with Crippen molar-refractivity contribution in [2.45, 2.75) is 12.5 Å². The Balaban J connectivity index is 1.62. The number of furan rings is 1. The molecular formula is C27H29N3O6. The Kier molecular flexibility index (Phi) is 8.02. The normalized spacial score (nSPS) is 14.9. The molecule has 1 aromatic heterocycles. The van der Waals surface area contributed by atoms with Gasteiger partial charge in [0.15, 0.2) is 5.76 Å². The van der Waals surface area contributed by atoms with E-state index in [1.54, 1.807) is 33.5 Å². The number of methoxy groups -OCH3 is 3. The molecule has 9 heteroatoms. The minimum Gasteiger partial charge on any atom is -0.497 e. The van der Waals surface area contributed by atoms with E-state index in [9.17, 15) is 9.59 Å². The van der Waals surface area contributed by atoms with Gasteiger partial charge in [0.1, 0.15) is 18.0 Å². The zero-order valence-electron chi connectivity index (χ0n) is 20.5. The molecule has 2 heterocycles. The van der Waals surface area contributed by atoms with Gasteiger partial charge in [-0.25, -0.2) is 5.01 Å². The number of ether oxygens (including phenoxy) is 3. The minimum absolute atomic E-state index is 0.162. The molecule has 4 rings (SSSR count). The van der Waals surface area contributed by atoms with Crippen molar-refractivity contribution in [2.75, 3.05) is 41.0 Å². The molecule has 0 bridgehead atoms. The van der Waals surface area contributed by atoms with Gasteiger partial charge in [-0.05, 0) is 59.7 Å². The molecule has 36 heavy (non-hydrogen) atoms. The van der Waals surface area contributed by atoms with E-state index >= 15 is 0 Å². The molecule has 1 atom stereocenters. The fourth-order valence-corrected chi connectivity index (χ4v) is 4.03. The lowest BCUT2D eigenvalue weighted by molar-refractivity contribution is -0.133. The van der Waals surface area contributed by atoms with E-state index in [1.807, 2.05) is 48.5 Å². The summed E-state index contributed by atoms with van der Waals surface area (Å²) in [6, 6.07) is 18.0. The van der Waals surface area contributed by atoms with Crippen molar-refractivity contribution in [3.05, 3.63) is 83.8 Å². The van der Waals surface area contributed by atoms with E-state index in [-0.39, 0.29) is 43.3 Å². The summed E-state index contributed by atoms with van der Waals surface area (Å²) in [4.78, 5) is 28.0. The van der Waals surface area contributed by atoms with Crippen LogP contribution in [-0.2, 0) is 9.53 Å². The highest BCUT2D eigenvalue weighted by atomic mass is 16.5. The molecule has 2 aromatic carbocycles. The molecule has 0 fully saturated rings. The maximum Gasteiger partial charge on any atom is 0.290 e. The zero-order chi connectivity index (χ0) is 25.5. The van der Waals surface area contributed by atoms with Crippen molar-refractivity contribution in [3.63, 3.8) is 0 Å². The third kappa shape index (κ3) is 5.58. The number of carbonyl (C=O) groups excluding carboxylic acids is 2. The Hall–Kier alpha value is -4.11. The van der Waals surface area contributed by atoms with Gasteiger partial charge in [0.25, 0.3) is 11.8 Å². The molecule has 188 valence electrons. The summed E-state index contributed by atoms with van der Waals surface area (Å²) >= 11 is 0. The van der Waals surface area contributed by atoms with Gasteiger partial charge in [0, 0.05) is 20.1 Å². The van der Waals surface area contributed by atoms with Gasteiger partial charge < -0.3 is 23.5 Å². The fraction of sp³-hybridized carbons (Fsp3) is 0.296. The quantitative estimate of drug-likeness (QED) is 0.429. The number of carbonyl (C=O) groups is 2. The molecule has 3 aromatic rings. The van der Waals surface area contributed by atoms with Gasteiger partial charge in [0.05, 0.1) is 38.8 Å². The zero-order valence-corrected chi connectivity index (χ0v) is 20.5. The van der Waals surface area contributed by atoms with Crippen molar-refractivity contribution in [1.29, 1.82) is 0 Å². The molecule has 0 N–H and O–H groups in total. The average Bonchev–Trinajstić information content (AvgIpc) is 3.62. The third-order valence-electron chi connectivity index (χ3n) is 6.00. The SMILES string of the molecule is COCCN(CC(=O)N1N=C(c2ccc(OC)cc2)CC1c1ccc(OC)cc1)C(=O)c1ccco1. The largest absolute Gasteiger partial charge is 0.497 e. The van der Waals surface area contributed by atoms with Crippen LogP contribution in [0.4, 0.5) is 0 Å². The summed E-state index contributed by atoms with van der Waals surface area (Å²) in [5.74, 6) is 0.928. The Bertz CT molecular complexity index is 1190. The summed E-state index contributed by atoms with van der Waals surface area (Å²) in [7, 11) is 4.76. The van der Waals surface area contributed by atoms with Crippen LogP contribution in [0.1, 0.15) is 34.1 Å². The van der Waals surface area contributed by atoms with Crippen molar-refractivity contribution in [1.82, 2.24) is 9.91 Å². The van der Waals surface area contributed by atoms with Crippen LogP contribution in [0.2, 0.25) is 0 Å². The van der Waals surface area contributed by atoms with Gasteiger partial charge in [-0.1, -0.05) is 12.1 Å². The number of hydrogen-bond acceptors (Lipinski definition) is 7. The molecule has 1 aliphatic heterocycles. The Morgan fingerprint density at radius 2 is 1.67 bits per heavy atom. The van der Waals surface area contributed by atoms with Crippen LogP contribution in [0.15, 0.2) is 76.4 Å². The van der Waals surface area contributed by atoms with Gasteiger partial charge in [0.2, 0.25) is 0 Å². The highest BCUT2D eigenvalue weighted by Crippen LogP contribution is 2.34. The Morgan fingerprint density at radius 3 is 2.25 bits per heavy atom. The second-order valence-corrected chi connectivity index (χ2v) is 8.20. The van der Waals surface area contributed by atoms with Crippen LogP contribution >= 0.6 is 0 Å². The average molecular weight is 492 g/mol. The monoisotopic (exact) mass is 491 g/mol. The molecule has 0 radical (unpaired) electrons. The molecule has 1 unspecified atom stereocenters. The molecule has 2 amide bonds. The van der Waals surface area contributed by atoms with Gasteiger partial charge in [-0.15, -0.1) is 0 Å². The van der Waals surface area contributed by atoms with Gasteiger partial charge in [-0.3, -0.25) is 9.59 Å². The predicted molar refractivity (Wildman–Crippen MR) is 133 cm³/mol. The molecule has 1 aliphatic rings. The standard InChI is InChI=1S/C27H29N3O6/c1-33-16-14-29(27(32)25-5-4-15-36-25)18-26(31)30-24(20-8-12-22(35-3)13-9-20)17-23(28-30)19-6-10-21(34-2)11-7-19/h4-13,15,24H,14,16-18H2,1-3H3. The topological polar surface area (TPSA) is 93.8 Å². The first kappa shape index (κ1) is 25.0. The van der Waals surface area contributed by atoms with Crippen LogP contribution in [0.25, 0.3) is 0 Å². The number of nitrogens with zero attached hydrogens (tertiary/aromatic N) is 3. The van der Waals surface area contributed by atoms with Crippen LogP contribution in [-0.4, -0.2) is 68.5 Å². The predicted octanol–water partition coefficient (Wildman–Crippen LogP) is 3.76. The Labute approximate surface area is 209 Å². The molecule has 0 saturated heterocycles. The number of amides is 2. The number of rotatable bonds is 10. The summed E-state index contributed by atoms with van der Waals surface area (Å²) in [5.41, 5.74) is 2.58. The number of hydrazone groups is 1. The Morgan fingerprint density at radius 1 is 1.00 bits per heavy atom. The van der Waals surface area contributed by atoms with Gasteiger partial charge in [-0.2, -0.15) is 5.10 Å². The minimum atomic E-state index is -0.384. The fourth-order valence-electron chi connectivity index (χ4n) is 4.03. The lowest BCUT2D eigenvalue weighted by Crippen LogP contribution is -2.42. The van der Waals surface area contributed by atoms with E-state index in [0.717, 1.165) is 28.3 Å². The van der Waals surface area contributed by atoms with Crippen LogP contribution in [0, 0.1) is 0 Å². The highest BCUT2D eigenvalue weighted by Gasteiger charge is 2.34. The smallest absolute Gasteiger partial charge is 0.290 e. The van der Waals surface area contributed by atoms with Crippen LogP contribution < -0.4 is 9.47 Å².